The summed E-state index contributed by atoms with van der Waals surface area (Å²) < 4.78 is 9.60. The zero-order valence-corrected chi connectivity index (χ0v) is 10.5. The predicted molar refractivity (Wildman–Crippen MR) is 68.3 cm³/mol. The third-order valence-electron chi connectivity index (χ3n) is 2.55. The van der Waals surface area contributed by atoms with Gasteiger partial charge in [0.05, 0.1) is 30.3 Å². The number of nitrogens with one attached hydrogen (secondary N) is 1. The number of carbonyl (C=O) groups is 1. The molecule has 0 atom stereocenters. The van der Waals surface area contributed by atoms with Gasteiger partial charge in [-0.2, -0.15) is 0 Å². The molecule has 0 aliphatic carbocycles. The first-order valence-electron chi connectivity index (χ1n) is 5.60. The van der Waals surface area contributed by atoms with Crippen molar-refractivity contribution in [1.82, 2.24) is 4.98 Å². The molecule has 0 radical (unpaired) electrons. The molecule has 0 bridgehead atoms. The molecule has 1 heterocycles. The molecular formula is C12H11N3O5. The van der Waals surface area contributed by atoms with E-state index >= 15 is 0 Å². The highest BCUT2D eigenvalue weighted by molar-refractivity contribution is 5.91. The maximum atomic E-state index is 11.4. The van der Waals surface area contributed by atoms with Crippen LogP contribution in [0.2, 0.25) is 0 Å². The molecule has 0 aliphatic rings. The van der Waals surface area contributed by atoms with Gasteiger partial charge in [-0.05, 0) is 12.1 Å². The number of carbonyl (C=O) groups excluding carboxylic acids is 1. The van der Waals surface area contributed by atoms with E-state index in [9.17, 15) is 14.9 Å². The summed E-state index contributed by atoms with van der Waals surface area (Å²) in [6.45, 7) is 0.214. The summed E-state index contributed by atoms with van der Waals surface area (Å²) in [5.74, 6) is -0.0506. The first-order chi connectivity index (χ1) is 9.61. The molecule has 0 unspecified atom stereocenters. The van der Waals surface area contributed by atoms with Crippen LogP contribution in [-0.4, -0.2) is 23.0 Å². The second-order valence-electron chi connectivity index (χ2n) is 3.80. The van der Waals surface area contributed by atoms with Gasteiger partial charge in [-0.3, -0.25) is 10.1 Å². The first-order valence-corrected chi connectivity index (χ1v) is 5.60. The van der Waals surface area contributed by atoms with E-state index in [4.69, 9.17) is 4.42 Å². The lowest BCUT2D eigenvalue weighted by Gasteiger charge is -2.07. The minimum absolute atomic E-state index is 0.142. The maximum Gasteiger partial charge on any atom is 0.337 e. The third kappa shape index (κ3) is 2.91. The number of nitro groups is 1. The molecule has 8 heteroatoms. The maximum absolute atomic E-state index is 11.4. The molecule has 8 nitrogen and oxygen atoms in total. The molecule has 0 spiro atoms. The largest absolute Gasteiger partial charge is 0.465 e. The van der Waals surface area contributed by atoms with Crippen LogP contribution in [0.25, 0.3) is 0 Å². The molecule has 0 amide bonds. The topological polar surface area (TPSA) is 108 Å². The van der Waals surface area contributed by atoms with Crippen LogP contribution in [0, 0.1) is 10.1 Å². The Morgan fingerprint density at radius 1 is 1.55 bits per heavy atom. The summed E-state index contributed by atoms with van der Waals surface area (Å²) in [6, 6.07) is 3.94. The number of benzene rings is 1. The molecule has 1 aromatic carbocycles. The first kappa shape index (κ1) is 13.5. The van der Waals surface area contributed by atoms with Gasteiger partial charge in [0.1, 0.15) is 11.4 Å². The number of hydrogen-bond donors (Lipinski definition) is 1. The second-order valence-corrected chi connectivity index (χ2v) is 3.80. The van der Waals surface area contributed by atoms with E-state index in [-0.39, 0.29) is 23.5 Å². The van der Waals surface area contributed by atoms with E-state index in [0.717, 1.165) is 0 Å². The van der Waals surface area contributed by atoms with Gasteiger partial charge >= 0.3 is 5.97 Å². The summed E-state index contributed by atoms with van der Waals surface area (Å²) in [5, 5.41) is 13.8. The third-order valence-corrected chi connectivity index (χ3v) is 2.55. The average molecular weight is 277 g/mol. The van der Waals surface area contributed by atoms with Crippen molar-refractivity contribution in [1.29, 1.82) is 0 Å². The highest BCUT2D eigenvalue weighted by Crippen LogP contribution is 2.26. The van der Waals surface area contributed by atoms with Crippen molar-refractivity contribution in [3.63, 3.8) is 0 Å². The zero-order chi connectivity index (χ0) is 14.5. The van der Waals surface area contributed by atoms with Crippen molar-refractivity contribution in [3.05, 3.63) is 52.2 Å². The molecule has 2 aromatic rings. The van der Waals surface area contributed by atoms with E-state index in [1.165, 1.54) is 37.9 Å². The van der Waals surface area contributed by atoms with Gasteiger partial charge < -0.3 is 14.5 Å². The number of aromatic nitrogens is 1. The summed E-state index contributed by atoms with van der Waals surface area (Å²) in [4.78, 5) is 25.6. The van der Waals surface area contributed by atoms with Crippen molar-refractivity contribution < 1.29 is 18.9 Å². The molecule has 20 heavy (non-hydrogen) atoms. The normalized spacial score (nSPS) is 10.1. The zero-order valence-electron chi connectivity index (χ0n) is 10.5. The smallest absolute Gasteiger partial charge is 0.337 e. The molecular weight excluding hydrogens is 266 g/mol. The minimum Gasteiger partial charge on any atom is -0.465 e. The molecule has 104 valence electrons. The van der Waals surface area contributed by atoms with Crippen LogP contribution >= 0.6 is 0 Å². The molecule has 0 aliphatic heterocycles. The number of hydrogen-bond acceptors (Lipinski definition) is 7. The Labute approximate surface area is 113 Å². The van der Waals surface area contributed by atoms with E-state index in [2.05, 4.69) is 15.0 Å². The van der Waals surface area contributed by atoms with Crippen molar-refractivity contribution in [2.75, 3.05) is 12.4 Å². The van der Waals surface area contributed by atoms with Crippen LogP contribution in [0.1, 0.15) is 16.1 Å². The van der Waals surface area contributed by atoms with Crippen molar-refractivity contribution in [2.24, 2.45) is 0 Å². The number of rotatable bonds is 5. The van der Waals surface area contributed by atoms with Crippen LogP contribution in [0.15, 0.2) is 35.2 Å². The molecule has 1 N–H and O–H groups in total. The van der Waals surface area contributed by atoms with Crippen molar-refractivity contribution in [3.8, 4) is 0 Å². The van der Waals surface area contributed by atoms with Crippen LogP contribution in [0.3, 0.4) is 0 Å². The van der Waals surface area contributed by atoms with Crippen molar-refractivity contribution >= 4 is 17.3 Å². The van der Waals surface area contributed by atoms with Gasteiger partial charge in [0.25, 0.3) is 5.69 Å². The van der Waals surface area contributed by atoms with Crippen LogP contribution < -0.4 is 5.32 Å². The summed E-state index contributed by atoms with van der Waals surface area (Å²) in [7, 11) is 1.24. The number of nitro benzene ring substituents is 1. The highest BCUT2D eigenvalue weighted by Gasteiger charge is 2.17. The lowest BCUT2D eigenvalue weighted by atomic mass is 10.1. The van der Waals surface area contributed by atoms with Gasteiger partial charge in [-0.25, -0.2) is 9.78 Å². The number of oxazole rings is 1. The molecule has 0 saturated carbocycles. The molecule has 0 saturated heterocycles. The lowest BCUT2D eigenvalue weighted by Crippen LogP contribution is -2.06. The van der Waals surface area contributed by atoms with E-state index < -0.39 is 10.9 Å². The van der Waals surface area contributed by atoms with Crippen molar-refractivity contribution in [2.45, 2.75) is 6.54 Å². The van der Waals surface area contributed by atoms with Gasteiger partial charge in [-0.15, -0.1) is 0 Å². The van der Waals surface area contributed by atoms with Gasteiger partial charge in [0.15, 0.2) is 6.39 Å². The summed E-state index contributed by atoms with van der Waals surface area (Å²) in [5.41, 5.74) is 0.282. The summed E-state index contributed by atoms with van der Waals surface area (Å²) >= 11 is 0. The minimum atomic E-state index is -0.567. The second kappa shape index (κ2) is 5.83. The molecule has 1 aromatic heterocycles. The van der Waals surface area contributed by atoms with Gasteiger partial charge in [0, 0.05) is 6.07 Å². The van der Waals surface area contributed by atoms with E-state index in [1.807, 2.05) is 0 Å². The van der Waals surface area contributed by atoms with Gasteiger partial charge in [0.2, 0.25) is 0 Å². The lowest BCUT2D eigenvalue weighted by molar-refractivity contribution is -0.384. The monoisotopic (exact) mass is 277 g/mol. The Bertz CT molecular complexity index is 624. The fourth-order valence-electron chi connectivity index (χ4n) is 1.59. The number of esters is 1. The quantitative estimate of drug-likeness (QED) is 0.505. The van der Waals surface area contributed by atoms with E-state index in [1.54, 1.807) is 0 Å². The number of anilines is 1. The Hall–Kier alpha value is -2.90. The fourth-order valence-corrected chi connectivity index (χ4v) is 1.59. The van der Waals surface area contributed by atoms with Crippen LogP contribution in [-0.2, 0) is 11.3 Å². The Kier molecular flexibility index (Phi) is 3.94. The SMILES string of the molecule is COC(=O)c1ccc([N+](=O)[O-])c(NCc2cnco2)c1. The number of ether oxygens (including phenoxy) is 1. The number of nitrogens with zero attached hydrogens (tertiary/aromatic N) is 2. The Morgan fingerprint density at radius 2 is 2.35 bits per heavy atom. The molecule has 0 fully saturated rings. The fraction of sp³-hybridized carbons (Fsp3) is 0.167. The Balaban J connectivity index is 2.26. The Morgan fingerprint density at radius 3 is 2.95 bits per heavy atom. The highest BCUT2D eigenvalue weighted by atomic mass is 16.6. The van der Waals surface area contributed by atoms with Gasteiger partial charge in [-0.1, -0.05) is 0 Å². The molecule has 2 rings (SSSR count). The van der Waals surface area contributed by atoms with Crippen LogP contribution in [0.4, 0.5) is 11.4 Å². The standard InChI is InChI=1S/C12H11N3O5/c1-19-12(16)8-2-3-11(15(17)18)10(4-8)14-6-9-5-13-7-20-9/h2-5,7,14H,6H2,1H3. The van der Waals surface area contributed by atoms with Crippen LogP contribution in [0.5, 0.6) is 0 Å². The van der Waals surface area contributed by atoms with E-state index in [0.29, 0.717) is 5.76 Å². The number of methoxy groups -OCH3 is 1. The average Bonchev–Trinajstić information content (AvgIpc) is 2.97. The summed E-state index contributed by atoms with van der Waals surface area (Å²) in [6.07, 6.45) is 2.75. The predicted octanol–water partition coefficient (Wildman–Crippen LogP) is 1.98.